The summed E-state index contributed by atoms with van der Waals surface area (Å²) in [4.78, 5) is 12.4. The molecule has 0 radical (unpaired) electrons. The molecule has 0 saturated carbocycles. The first-order valence-corrected chi connectivity index (χ1v) is 7.74. The van der Waals surface area contributed by atoms with Crippen LogP contribution in [-0.4, -0.2) is 28.2 Å². The van der Waals surface area contributed by atoms with Crippen molar-refractivity contribution >= 4 is 29.9 Å². The Bertz CT molecular complexity index is 653. The Kier molecular flexibility index (Phi) is 7.06. The minimum absolute atomic E-state index is 0. The van der Waals surface area contributed by atoms with Crippen molar-refractivity contribution in [2.75, 3.05) is 6.54 Å². The van der Waals surface area contributed by atoms with Crippen LogP contribution in [0.5, 0.6) is 0 Å². The van der Waals surface area contributed by atoms with E-state index < -0.39 is 0 Å². The Morgan fingerprint density at radius 3 is 2.61 bits per heavy atom. The first kappa shape index (κ1) is 19.5. The van der Waals surface area contributed by atoms with E-state index in [0.29, 0.717) is 22.8 Å². The van der Waals surface area contributed by atoms with Crippen LogP contribution >= 0.6 is 24.0 Å². The molecule has 5 nitrogen and oxygen atoms in total. The third-order valence-corrected chi connectivity index (χ3v) is 4.37. The van der Waals surface area contributed by atoms with E-state index in [4.69, 9.17) is 17.3 Å². The summed E-state index contributed by atoms with van der Waals surface area (Å²) in [5.74, 6) is -0.208. The van der Waals surface area contributed by atoms with Crippen molar-refractivity contribution in [3.05, 3.63) is 41.0 Å². The highest BCUT2D eigenvalue weighted by atomic mass is 35.5. The van der Waals surface area contributed by atoms with Crippen molar-refractivity contribution in [2.45, 2.75) is 32.2 Å². The Labute approximate surface area is 147 Å². The lowest BCUT2D eigenvalue weighted by Gasteiger charge is -2.26. The van der Waals surface area contributed by atoms with Gasteiger partial charge in [-0.1, -0.05) is 43.6 Å². The number of nitrogens with two attached hydrogens (primary N) is 1. The van der Waals surface area contributed by atoms with Crippen LogP contribution in [0, 0.1) is 0 Å². The van der Waals surface area contributed by atoms with Gasteiger partial charge in [-0.3, -0.25) is 9.89 Å². The predicted molar refractivity (Wildman–Crippen MR) is 96.1 cm³/mol. The van der Waals surface area contributed by atoms with Crippen LogP contribution in [0.2, 0.25) is 5.02 Å². The zero-order valence-electron chi connectivity index (χ0n) is 13.2. The van der Waals surface area contributed by atoms with Gasteiger partial charge in [-0.15, -0.1) is 12.4 Å². The smallest absolute Gasteiger partial charge is 0.255 e. The maximum absolute atomic E-state index is 12.4. The zero-order chi connectivity index (χ0) is 16.2. The van der Waals surface area contributed by atoms with E-state index >= 15 is 0 Å². The van der Waals surface area contributed by atoms with Gasteiger partial charge in [0.2, 0.25) is 0 Å². The number of carbonyl (C=O) groups excluding carboxylic acids is 1. The fourth-order valence-electron chi connectivity index (χ4n) is 2.18. The zero-order valence-corrected chi connectivity index (χ0v) is 14.8. The summed E-state index contributed by atoms with van der Waals surface area (Å²) in [7, 11) is 0. The van der Waals surface area contributed by atoms with Crippen molar-refractivity contribution in [3.8, 4) is 11.3 Å². The fraction of sp³-hybridized carbons (Fsp3) is 0.375. The molecule has 0 aliphatic carbocycles. The quantitative estimate of drug-likeness (QED) is 0.741. The third kappa shape index (κ3) is 4.47. The Morgan fingerprint density at radius 2 is 2.00 bits per heavy atom. The number of nitrogens with one attached hydrogen (secondary N) is 2. The summed E-state index contributed by atoms with van der Waals surface area (Å²) in [5, 5.41) is 10.3. The van der Waals surface area contributed by atoms with Crippen LogP contribution in [0.3, 0.4) is 0 Å². The highest BCUT2D eigenvalue weighted by Gasteiger charge is 2.23. The fourth-order valence-corrected chi connectivity index (χ4v) is 2.41. The number of nitrogens with zero attached hydrogens (tertiary/aromatic N) is 1. The molecule has 1 amide bonds. The second-order valence-corrected chi connectivity index (χ2v) is 5.80. The van der Waals surface area contributed by atoms with Crippen LogP contribution in [0.1, 0.15) is 37.0 Å². The monoisotopic (exact) mass is 356 g/mol. The van der Waals surface area contributed by atoms with Gasteiger partial charge in [-0.05, 0) is 18.9 Å². The molecule has 0 aliphatic heterocycles. The molecule has 7 heteroatoms. The Morgan fingerprint density at radius 1 is 1.35 bits per heavy atom. The largest absolute Gasteiger partial charge is 0.350 e. The Hall–Kier alpha value is -1.56. The number of aromatic nitrogens is 2. The van der Waals surface area contributed by atoms with E-state index in [1.54, 1.807) is 6.07 Å². The molecule has 4 N–H and O–H groups in total. The molecule has 1 aromatic carbocycles. The van der Waals surface area contributed by atoms with Gasteiger partial charge in [-0.25, -0.2) is 0 Å². The molecular weight excluding hydrogens is 335 g/mol. The lowest BCUT2D eigenvalue weighted by molar-refractivity contribution is 0.0943. The van der Waals surface area contributed by atoms with Gasteiger partial charge in [0.1, 0.15) is 0 Å². The summed E-state index contributed by atoms with van der Waals surface area (Å²) < 4.78 is 0. The van der Waals surface area contributed by atoms with Gasteiger partial charge < -0.3 is 11.1 Å². The van der Waals surface area contributed by atoms with E-state index in [1.165, 1.54) is 6.20 Å². The maximum atomic E-state index is 12.4. The maximum Gasteiger partial charge on any atom is 0.255 e. The lowest BCUT2D eigenvalue weighted by Crippen LogP contribution is -2.49. The highest BCUT2D eigenvalue weighted by molar-refractivity contribution is 6.33. The topological polar surface area (TPSA) is 83.8 Å². The molecule has 0 fully saturated rings. The van der Waals surface area contributed by atoms with Crippen LogP contribution in [0.4, 0.5) is 0 Å². The summed E-state index contributed by atoms with van der Waals surface area (Å²) in [5.41, 5.74) is 7.65. The number of benzene rings is 1. The molecule has 0 spiro atoms. The van der Waals surface area contributed by atoms with Crippen LogP contribution in [0.25, 0.3) is 11.3 Å². The molecule has 0 atom stereocenters. The normalized spacial score (nSPS) is 11.0. The first-order valence-electron chi connectivity index (χ1n) is 7.36. The van der Waals surface area contributed by atoms with Gasteiger partial charge >= 0.3 is 0 Å². The van der Waals surface area contributed by atoms with Crippen LogP contribution < -0.4 is 11.1 Å². The van der Waals surface area contributed by atoms with E-state index in [-0.39, 0.29) is 23.9 Å². The number of hydrogen-bond acceptors (Lipinski definition) is 3. The van der Waals surface area contributed by atoms with Crippen molar-refractivity contribution in [2.24, 2.45) is 5.73 Å². The van der Waals surface area contributed by atoms with Gasteiger partial charge in [-0.2, -0.15) is 5.10 Å². The third-order valence-electron chi connectivity index (χ3n) is 4.04. The molecule has 0 unspecified atom stereocenters. The molecule has 0 bridgehead atoms. The van der Waals surface area contributed by atoms with Crippen LogP contribution in [0.15, 0.2) is 30.5 Å². The predicted octanol–water partition coefficient (Wildman–Crippen LogP) is 3.40. The number of amides is 1. The van der Waals surface area contributed by atoms with E-state index in [9.17, 15) is 4.79 Å². The summed E-state index contributed by atoms with van der Waals surface area (Å²) in [6.07, 6.45) is 3.10. The Balaban J connectivity index is 0.00000264. The van der Waals surface area contributed by atoms with E-state index in [1.807, 2.05) is 32.0 Å². The van der Waals surface area contributed by atoms with Gasteiger partial charge in [0.25, 0.3) is 5.91 Å². The highest BCUT2D eigenvalue weighted by Crippen LogP contribution is 2.28. The molecule has 2 rings (SSSR count). The average molecular weight is 357 g/mol. The van der Waals surface area contributed by atoms with Crippen molar-refractivity contribution in [3.63, 3.8) is 0 Å². The minimum Gasteiger partial charge on any atom is -0.350 e. The molecule has 23 heavy (non-hydrogen) atoms. The van der Waals surface area contributed by atoms with Crippen molar-refractivity contribution in [1.29, 1.82) is 0 Å². The van der Waals surface area contributed by atoms with Gasteiger partial charge in [0.05, 0.1) is 17.5 Å². The number of H-pyrrole nitrogens is 1. The van der Waals surface area contributed by atoms with Crippen molar-refractivity contribution in [1.82, 2.24) is 15.5 Å². The number of rotatable bonds is 6. The number of aromatic amines is 1. The summed E-state index contributed by atoms with van der Waals surface area (Å²) in [6.45, 7) is 4.46. The summed E-state index contributed by atoms with van der Waals surface area (Å²) in [6, 6.07) is 7.33. The lowest BCUT2D eigenvalue weighted by atomic mass is 9.94. The van der Waals surface area contributed by atoms with Gasteiger partial charge in [0.15, 0.2) is 0 Å². The summed E-state index contributed by atoms with van der Waals surface area (Å²) >= 11 is 6.19. The number of carbonyl (C=O) groups is 1. The number of halogens is 2. The van der Waals surface area contributed by atoms with Gasteiger partial charge in [0, 0.05) is 22.7 Å². The molecule has 0 saturated heterocycles. The first-order chi connectivity index (χ1) is 10.5. The second kappa shape index (κ2) is 8.34. The minimum atomic E-state index is -0.385. The SMILES string of the molecule is CCC(N)(CC)CNC(=O)c1cn[nH]c1-c1ccccc1Cl.Cl. The van der Waals surface area contributed by atoms with E-state index in [2.05, 4.69) is 15.5 Å². The molecule has 0 aliphatic rings. The standard InChI is InChI=1S/C16H21ClN4O.ClH/c1-3-16(18,4-2)10-19-15(22)12-9-20-21-14(12)11-7-5-6-8-13(11)17;/h5-9H,3-4,10,18H2,1-2H3,(H,19,22)(H,20,21);1H. The van der Waals surface area contributed by atoms with Crippen molar-refractivity contribution < 1.29 is 4.79 Å². The molecule has 1 aromatic heterocycles. The molecule has 2 aromatic rings. The molecule has 1 heterocycles. The number of hydrogen-bond donors (Lipinski definition) is 3. The average Bonchev–Trinajstić information content (AvgIpc) is 3.02. The van der Waals surface area contributed by atoms with Crippen LogP contribution in [-0.2, 0) is 0 Å². The van der Waals surface area contributed by atoms with E-state index in [0.717, 1.165) is 18.4 Å². The molecular formula is C16H22Cl2N4O. The molecule has 126 valence electrons. The second-order valence-electron chi connectivity index (χ2n) is 5.39.